The van der Waals surface area contributed by atoms with E-state index in [2.05, 4.69) is 27.7 Å². The Hall–Kier alpha value is 0.492. The third-order valence-electron chi connectivity index (χ3n) is 6.66. The molecule has 29 heavy (non-hydrogen) atoms. The molecule has 1 nitrogen and oxygen atoms in total. The molecule has 0 N–H and O–H groups in total. The number of quaternary nitrogens is 1. The molecular formula is C27H62AlN. The van der Waals surface area contributed by atoms with Gasteiger partial charge in [-0.2, -0.15) is 0 Å². The van der Waals surface area contributed by atoms with Crippen molar-refractivity contribution >= 4 is 17.4 Å². The Labute approximate surface area is 197 Å². The molecule has 0 unspecified atom stereocenters. The molecule has 0 saturated heterocycles. The summed E-state index contributed by atoms with van der Waals surface area (Å²) in [5.41, 5.74) is 0. The summed E-state index contributed by atoms with van der Waals surface area (Å²) in [4.78, 5) is 0. The Bertz CT molecular complexity index is 251. The third-order valence-corrected chi connectivity index (χ3v) is 6.66. The van der Waals surface area contributed by atoms with Crippen LogP contribution in [0.5, 0.6) is 0 Å². The van der Waals surface area contributed by atoms with E-state index in [1.54, 1.807) is 0 Å². The Morgan fingerprint density at radius 1 is 0.310 bits per heavy atom. The third kappa shape index (κ3) is 20.2. The van der Waals surface area contributed by atoms with Crippen LogP contribution < -0.4 is 0 Å². The van der Waals surface area contributed by atoms with Crippen molar-refractivity contribution in [1.82, 2.24) is 0 Å². The SMILES string of the molecule is CCCCCCCC[N+](CCC)(CCCCCCCC)CCCCCCCC.[AlH4-]. The zero-order valence-electron chi connectivity index (χ0n) is 20.7. The quantitative estimate of drug-likeness (QED) is 0.0884. The van der Waals surface area contributed by atoms with E-state index in [-0.39, 0.29) is 17.4 Å². The van der Waals surface area contributed by atoms with Crippen LogP contribution in [0.1, 0.15) is 150 Å². The summed E-state index contributed by atoms with van der Waals surface area (Å²) in [5.74, 6) is 0. The van der Waals surface area contributed by atoms with E-state index in [0.717, 1.165) is 0 Å². The van der Waals surface area contributed by atoms with Crippen LogP contribution in [-0.4, -0.2) is 48.0 Å². The largest absolute Gasteiger partial charge is 0.324 e. The van der Waals surface area contributed by atoms with Crippen molar-refractivity contribution < 1.29 is 4.48 Å². The Balaban J connectivity index is 0. The van der Waals surface area contributed by atoms with Crippen LogP contribution in [-0.2, 0) is 0 Å². The van der Waals surface area contributed by atoms with Crippen LogP contribution in [0, 0.1) is 0 Å². The maximum Gasteiger partial charge on any atom is 0.0786 e. The normalized spacial score (nSPS) is 11.6. The highest BCUT2D eigenvalue weighted by Gasteiger charge is 2.25. The zero-order valence-corrected chi connectivity index (χ0v) is 20.7. The molecule has 0 aliphatic carbocycles. The Morgan fingerprint density at radius 2 is 0.586 bits per heavy atom. The molecule has 2 heteroatoms. The molecule has 0 fully saturated rings. The second-order valence-electron chi connectivity index (χ2n) is 9.54. The molecule has 0 radical (unpaired) electrons. The molecule has 0 aromatic carbocycles. The number of hydrogen-bond donors (Lipinski definition) is 0. The van der Waals surface area contributed by atoms with Gasteiger partial charge in [-0.05, 0) is 44.9 Å². The van der Waals surface area contributed by atoms with E-state index in [1.807, 2.05) is 0 Å². The molecule has 0 atom stereocenters. The summed E-state index contributed by atoms with van der Waals surface area (Å²) < 4.78 is 1.45. The van der Waals surface area contributed by atoms with Gasteiger partial charge in [-0.25, -0.2) is 0 Å². The van der Waals surface area contributed by atoms with E-state index in [0.29, 0.717) is 0 Å². The summed E-state index contributed by atoms with van der Waals surface area (Å²) in [7, 11) is 0. The van der Waals surface area contributed by atoms with Crippen molar-refractivity contribution in [3.8, 4) is 0 Å². The van der Waals surface area contributed by atoms with Gasteiger partial charge in [0.05, 0.1) is 26.2 Å². The molecule has 0 bridgehead atoms. The van der Waals surface area contributed by atoms with Crippen LogP contribution in [0.3, 0.4) is 0 Å². The highest BCUT2D eigenvalue weighted by Crippen LogP contribution is 2.19. The minimum absolute atomic E-state index is 0. The van der Waals surface area contributed by atoms with Crippen molar-refractivity contribution in [2.75, 3.05) is 26.2 Å². The van der Waals surface area contributed by atoms with Crippen LogP contribution >= 0.6 is 0 Å². The Morgan fingerprint density at radius 3 is 0.862 bits per heavy atom. The van der Waals surface area contributed by atoms with Gasteiger partial charge in [-0.1, -0.05) is 105 Å². The lowest BCUT2D eigenvalue weighted by molar-refractivity contribution is -0.929. The number of rotatable bonds is 23. The molecule has 0 amide bonds. The van der Waals surface area contributed by atoms with Gasteiger partial charge >= 0.3 is 0 Å². The standard InChI is InChI=1S/C27H58N.Al.4H/c1-5-9-12-15-18-21-25-28(24-8-4,26-22-19-16-13-10-6-2)27-23-20-17-14-11-7-3;;;;;/h5-27H2,1-4H3;;;;;/q+1;-1;;;;. The van der Waals surface area contributed by atoms with E-state index in [1.165, 1.54) is 153 Å². The fourth-order valence-electron chi connectivity index (χ4n) is 4.83. The predicted molar refractivity (Wildman–Crippen MR) is 141 cm³/mol. The molecule has 0 aromatic heterocycles. The summed E-state index contributed by atoms with van der Waals surface area (Å²) in [6.45, 7) is 15.2. The first-order valence-corrected chi connectivity index (χ1v) is 13.6. The monoisotopic (exact) mass is 427 g/mol. The van der Waals surface area contributed by atoms with Gasteiger partial charge < -0.3 is 4.48 Å². The maximum atomic E-state index is 2.41. The minimum Gasteiger partial charge on any atom is -0.324 e. The average molecular weight is 428 g/mol. The van der Waals surface area contributed by atoms with E-state index in [9.17, 15) is 0 Å². The van der Waals surface area contributed by atoms with E-state index < -0.39 is 0 Å². The van der Waals surface area contributed by atoms with Gasteiger partial charge in [0.15, 0.2) is 0 Å². The van der Waals surface area contributed by atoms with Gasteiger partial charge in [-0.3, -0.25) is 0 Å². The van der Waals surface area contributed by atoms with Crippen molar-refractivity contribution in [1.29, 1.82) is 0 Å². The highest BCUT2D eigenvalue weighted by atomic mass is 27.0. The first-order valence-electron chi connectivity index (χ1n) is 13.6. The summed E-state index contributed by atoms with van der Waals surface area (Å²) in [5, 5.41) is 0. The van der Waals surface area contributed by atoms with Gasteiger partial charge in [0.2, 0.25) is 0 Å². The lowest BCUT2D eigenvalue weighted by Gasteiger charge is -2.39. The van der Waals surface area contributed by atoms with Crippen LogP contribution in [0.25, 0.3) is 0 Å². The first kappa shape index (κ1) is 31.7. The lowest BCUT2D eigenvalue weighted by Crippen LogP contribution is -2.50. The summed E-state index contributed by atoms with van der Waals surface area (Å²) in [6, 6.07) is 0. The number of unbranched alkanes of at least 4 members (excludes halogenated alkanes) is 15. The molecule has 0 aliphatic rings. The Kier molecular flexibility index (Phi) is 27.0. The van der Waals surface area contributed by atoms with Crippen LogP contribution in [0.15, 0.2) is 0 Å². The zero-order chi connectivity index (χ0) is 20.8. The lowest BCUT2D eigenvalue weighted by atomic mass is 10.1. The van der Waals surface area contributed by atoms with E-state index in [4.69, 9.17) is 0 Å². The molecule has 0 spiro atoms. The predicted octanol–water partition coefficient (Wildman–Crippen LogP) is 7.84. The maximum absolute atomic E-state index is 2.41. The van der Waals surface area contributed by atoms with Crippen LogP contribution in [0.2, 0.25) is 0 Å². The number of nitrogens with zero attached hydrogens (tertiary/aromatic N) is 1. The fraction of sp³-hybridized carbons (Fsp3) is 1.00. The van der Waals surface area contributed by atoms with E-state index >= 15 is 0 Å². The molecule has 0 heterocycles. The fourth-order valence-corrected chi connectivity index (χ4v) is 4.83. The van der Waals surface area contributed by atoms with Crippen LogP contribution in [0.4, 0.5) is 0 Å². The molecule has 0 aliphatic heterocycles. The van der Waals surface area contributed by atoms with Gasteiger partial charge in [0, 0.05) is 17.4 Å². The van der Waals surface area contributed by atoms with Gasteiger partial charge in [-0.15, -0.1) is 0 Å². The first-order chi connectivity index (χ1) is 13.7. The van der Waals surface area contributed by atoms with Crippen molar-refractivity contribution in [3.63, 3.8) is 0 Å². The summed E-state index contributed by atoms with van der Waals surface area (Å²) >= 11 is 0. The average Bonchev–Trinajstić information content (AvgIpc) is 2.70. The smallest absolute Gasteiger partial charge is 0.0786 e. The van der Waals surface area contributed by atoms with Crippen molar-refractivity contribution in [2.45, 2.75) is 150 Å². The second kappa shape index (κ2) is 24.8. The van der Waals surface area contributed by atoms with Crippen molar-refractivity contribution in [2.24, 2.45) is 0 Å². The van der Waals surface area contributed by atoms with Crippen molar-refractivity contribution in [3.05, 3.63) is 0 Å². The highest BCUT2D eigenvalue weighted by molar-refractivity contribution is 5.75. The molecule has 178 valence electrons. The van der Waals surface area contributed by atoms with Gasteiger partial charge in [0.25, 0.3) is 0 Å². The molecule has 0 rings (SSSR count). The topological polar surface area (TPSA) is 0 Å². The summed E-state index contributed by atoms with van der Waals surface area (Å²) in [6.07, 6.45) is 27.3. The number of hydrogen-bond acceptors (Lipinski definition) is 0. The molecule has 0 saturated carbocycles. The molecule has 0 aromatic rings. The van der Waals surface area contributed by atoms with Gasteiger partial charge in [0.1, 0.15) is 0 Å². The minimum atomic E-state index is 0. The molecular weight excluding hydrogens is 365 g/mol. The second-order valence-corrected chi connectivity index (χ2v) is 9.54.